The normalized spacial score (nSPS) is 12.6. The summed E-state index contributed by atoms with van der Waals surface area (Å²) in [5.74, 6) is 0. The minimum atomic E-state index is -5.63. The Morgan fingerprint density at radius 3 is 1.52 bits per heavy atom. The molecular formula is C13H11F3O3SSi. The standard InChI is InChI=1S/C13H11F3O3SSi/c14-13(15,16)20(17,18)19-21(11-7-3-1-4-8-11)12-9-5-2-6-10-12/h1-10,21H. The maximum absolute atomic E-state index is 12.5. The van der Waals surface area contributed by atoms with Crippen LogP contribution in [0.2, 0.25) is 0 Å². The van der Waals surface area contributed by atoms with E-state index in [2.05, 4.69) is 3.87 Å². The lowest BCUT2D eigenvalue weighted by atomic mass is 10.4. The number of alkyl halides is 3. The summed E-state index contributed by atoms with van der Waals surface area (Å²) in [5.41, 5.74) is -5.43. The molecule has 2 rings (SSSR count). The lowest BCUT2D eigenvalue weighted by molar-refractivity contribution is -0.0500. The molecular weight excluding hydrogens is 321 g/mol. The van der Waals surface area contributed by atoms with Gasteiger partial charge in [-0.25, -0.2) is 0 Å². The van der Waals surface area contributed by atoms with Gasteiger partial charge in [0, 0.05) is 0 Å². The molecule has 112 valence electrons. The third-order valence-electron chi connectivity index (χ3n) is 2.71. The second-order valence-electron chi connectivity index (χ2n) is 4.20. The van der Waals surface area contributed by atoms with Crippen molar-refractivity contribution < 1.29 is 25.5 Å². The van der Waals surface area contributed by atoms with E-state index in [-0.39, 0.29) is 0 Å². The lowest BCUT2D eigenvalue weighted by Crippen LogP contribution is -2.48. The zero-order chi connectivity index (χ0) is 15.5. The first-order chi connectivity index (χ1) is 9.81. The van der Waals surface area contributed by atoms with E-state index in [4.69, 9.17) is 0 Å². The van der Waals surface area contributed by atoms with Crippen molar-refractivity contribution in [1.82, 2.24) is 0 Å². The maximum Gasteiger partial charge on any atom is 0.522 e. The van der Waals surface area contributed by atoms with E-state index < -0.39 is 24.7 Å². The Bertz CT molecular complexity index is 648. The highest BCUT2D eigenvalue weighted by molar-refractivity contribution is 7.88. The molecule has 0 amide bonds. The van der Waals surface area contributed by atoms with Gasteiger partial charge >= 0.3 is 15.6 Å². The number of hydrogen-bond acceptors (Lipinski definition) is 3. The molecule has 0 fully saturated rings. The third-order valence-corrected chi connectivity index (χ3v) is 7.04. The van der Waals surface area contributed by atoms with Crippen LogP contribution < -0.4 is 10.4 Å². The van der Waals surface area contributed by atoms with Crippen molar-refractivity contribution in [2.45, 2.75) is 5.51 Å². The first-order valence-electron chi connectivity index (χ1n) is 5.91. The van der Waals surface area contributed by atoms with Crippen LogP contribution in [0.4, 0.5) is 13.2 Å². The molecule has 0 aromatic heterocycles. The van der Waals surface area contributed by atoms with Crippen molar-refractivity contribution >= 4 is 29.5 Å². The van der Waals surface area contributed by atoms with Crippen molar-refractivity contribution in [1.29, 1.82) is 0 Å². The molecule has 0 heterocycles. The summed E-state index contributed by atoms with van der Waals surface area (Å²) < 4.78 is 64.8. The van der Waals surface area contributed by atoms with Crippen molar-refractivity contribution in [3.63, 3.8) is 0 Å². The summed E-state index contributed by atoms with van der Waals surface area (Å²) in [4.78, 5) is 0. The predicted octanol–water partition coefficient (Wildman–Crippen LogP) is 1.39. The quantitative estimate of drug-likeness (QED) is 0.628. The second-order valence-corrected chi connectivity index (χ2v) is 8.43. The summed E-state index contributed by atoms with van der Waals surface area (Å²) in [6, 6.07) is 16.2. The smallest absolute Gasteiger partial charge is 0.301 e. The molecule has 8 heteroatoms. The molecule has 0 bridgehead atoms. The molecule has 0 atom stereocenters. The average molecular weight is 332 g/mol. The van der Waals surface area contributed by atoms with Gasteiger partial charge in [-0.3, -0.25) is 0 Å². The van der Waals surface area contributed by atoms with Gasteiger partial charge in [0.2, 0.25) is 0 Å². The van der Waals surface area contributed by atoms with Gasteiger partial charge in [-0.1, -0.05) is 60.7 Å². The first-order valence-corrected chi connectivity index (χ1v) is 8.94. The maximum atomic E-state index is 12.5. The monoisotopic (exact) mass is 332 g/mol. The number of halogens is 3. The van der Waals surface area contributed by atoms with Crippen LogP contribution >= 0.6 is 0 Å². The van der Waals surface area contributed by atoms with Gasteiger partial charge < -0.3 is 3.87 Å². The van der Waals surface area contributed by atoms with Crippen LogP contribution in [0.25, 0.3) is 0 Å². The molecule has 2 aromatic carbocycles. The van der Waals surface area contributed by atoms with Gasteiger partial charge in [0.15, 0.2) is 0 Å². The fourth-order valence-corrected chi connectivity index (χ4v) is 5.61. The summed E-state index contributed by atoms with van der Waals surface area (Å²) in [5, 5.41) is 0.910. The third kappa shape index (κ3) is 3.72. The summed E-state index contributed by atoms with van der Waals surface area (Å²) in [6.45, 7) is 0. The van der Waals surface area contributed by atoms with Gasteiger partial charge in [0.1, 0.15) is 0 Å². The van der Waals surface area contributed by atoms with Crippen LogP contribution in [0, 0.1) is 0 Å². The summed E-state index contributed by atoms with van der Waals surface area (Å²) >= 11 is 0. The van der Waals surface area contributed by atoms with E-state index in [0.717, 1.165) is 0 Å². The lowest BCUT2D eigenvalue weighted by Gasteiger charge is -2.17. The first kappa shape index (κ1) is 15.7. The Morgan fingerprint density at radius 2 is 1.19 bits per heavy atom. The van der Waals surface area contributed by atoms with E-state index in [0.29, 0.717) is 10.4 Å². The van der Waals surface area contributed by atoms with Crippen molar-refractivity contribution in [3.05, 3.63) is 60.7 Å². The Labute approximate surface area is 121 Å². The van der Waals surface area contributed by atoms with Gasteiger partial charge in [0.05, 0.1) is 0 Å². The van der Waals surface area contributed by atoms with Crippen LogP contribution in [-0.4, -0.2) is 23.0 Å². The second kappa shape index (κ2) is 6.00. The van der Waals surface area contributed by atoms with Crippen LogP contribution in [0.15, 0.2) is 60.7 Å². The Hall–Kier alpha value is -1.64. The predicted molar refractivity (Wildman–Crippen MR) is 75.4 cm³/mol. The molecule has 0 saturated carbocycles. The highest BCUT2D eigenvalue weighted by Gasteiger charge is 2.48. The molecule has 0 aliphatic heterocycles. The molecule has 2 aromatic rings. The minimum absolute atomic E-state index is 0.455. The number of benzene rings is 2. The van der Waals surface area contributed by atoms with Crippen LogP contribution in [0.5, 0.6) is 0 Å². The molecule has 0 saturated heterocycles. The topological polar surface area (TPSA) is 43.4 Å². The Kier molecular flexibility index (Phi) is 4.50. The van der Waals surface area contributed by atoms with Crippen molar-refractivity contribution in [2.24, 2.45) is 0 Å². The fourth-order valence-electron chi connectivity index (χ4n) is 1.74. The highest BCUT2D eigenvalue weighted by Crippen LogP contribution is 2.25. The van der Waals surface area contributed by atoms with Crippen LogP contribution in [0.1, 0.15) is 0 Å². The zero-order valence-electron chi connectivity index (χ0n) is 10.6. The van der Waals surface area contributed by atoms with Crippen LogP contribution in [0.3, 0.4) is 0 Å². The highest BCUT2D eigenvalue weighted by atomic mass is 32.2. The van der Waals surface area contributed by atoms with Crippen molar-refractivity contribution in [3.8, 4) is 0 Å². The molecule has 0 radical (unpaired) electrons. The average Bonchev–Trinajstić information content (AvgIpc) is 2.45. The van der Waals surface area contributed by atoms with E-state index in [1.54, 1.807) is 60.7 Å². The van der Waals surface area contributed by atoms with E-state index in [9.17, 15) is 21.6 Å². The fraction of sp³-hybridized carbons (Fsp3) is 0.0769. The van der Waals surface area contributed by atoms with Gasteiger partial charge in [-0.15, -0.1) is 0 Å². The van der Waals surface area contributed by atoms with Gasteiger partial charge in [0.25, 0.3) is 9.04 Å². The largest absolute Gasteiger partial charge is 0.522 e. The summed E-state index contributed by atoms with van der Waals surface area (Å²) in [7, 11) is -8.61. The van der Waals surface area contributed by atoms with Crippen LogP contribution in [-0.2, 0) is 14.0 Å². The Balaban J connectivity index is 2.44. The molecule has 0 aliphatic rings. The van der Waals surface area contributed by atoms with Gasteiger partial charge in [-0.05, 0) is 10.4 Å². The van der Waals surface area contributed by atoms with Gasteiger partial charge in [-0.2, -0.15) is 21.6 Å². The number of hydrogen-bond donors (Lipinski definition) is 0. The van der Waals surface area contributed by atoms with E-state index >= 15 is 0 Å². The molecule has 3 nitrogen and oxygen atoms in total. The summed E-state index contributed by atoms with van der Waals surface area (Å²) in [6.07, 6.45) is 0. The minimum Gasteiger partial charge on any atom is -0.301 e. The molecule has 21 heavy (non-hydrogen) atoms. The SMILES string of the molecule is O=S(=O)(O[SiH](c1ccccc1)c1ccccc1)C(F)(F)F. The van der Waals surface area contributed by atoms with E-state index in [1.807, 2.05) is 0 Å². The Morgan fingerprint density at radius 1 is 0.810 bits per heavy atom. The molecule has 0 spiro atoms. The zero-order valence-corrected chi connectivity index (χ0v) is 12.6. The van der Waals surface area contributed by atoms with E-state index in [1.165, 1.54) is 0 Å². The molecule has 0 N–H and O–H groups in total. The molecule has 0 unspecified atom stereocenters. The van der Waals surface area contributed by atoms with Crippen molar-refractivity contribution in [2.75, 3.05) is 0 Å². The number of rotatable bonds is 4. The molecule has 0 aliphatic carbocycles.